The number of hydrogen-bond acceptors (Lipinski definition) is 3. The van der Waals surface area contributed by atoms with Crippen LogP contribution in [-0.4, -0.2) is 32.9 Å². The zero-order chi connectivity index (χ0) is 17.7. The first kappa shape index (κ1) is 16.4. The van der Waals surface area contributed by atoms with Crippen molar-refractivity contribution < 1.29 is 14.1 Å². The molecular formula is C21H21NO3S. The van der Waals surface area contributed by atoms with Gasteiger partial charge in [-0.05, 0) is 41.7 Å². The average Bonchev–Trinajstić information content (AvgIpc) is 3.42. The minimum atomic E-state index is -1.36. The highest BCUT2D eigenvalue weighted by molar-refractivity contribution is 7.92. The summed E-state index contributed by atoms with van der Waals surface area (Å²) in [5, 5.41) is -0.524. The molecule has 1 saturated carbocycles. The lowest BCUT2D eigenvalue weighted by molar-refractivity contribution is -0.141. The zero-order valence-corrected chi connectivity index (χ0v) is 15.2. The molecule has 0 radical (unpaired) electrons. The van der Waals surface area contributed by atoms with Gasteiger partial charge in [0.25, 0.3) is 5.91 Å². The van der Waals surface area contributed by atoms with Crippen LogP contribution in [0.5, 0.6) is 0 Å². The summed E-state index contributed by atoms with van der Waals surface area (Å²) >= 11 is -1.36. The van der Waals surface area contributed by atoms with E-state index in [0.717, 1.165) is 18.4 Å². The van der Waals surface area contributed by atoms with Crippen LogP contribution in [0.4, 0.5) is 0 Å². The number of carbonyl (C=O) groups excluding carboxylic acids is 1. The first-order valence-electron chi connectivity index (χ1n) is 9.18. The number of rotatable bonds is 4. The third-order valence-electron chi connectivity index (χ3n) is 5.83. The van der Waals surface area contributed by atoms with Crippen LogP contribution in [0.2, 0.25) is 0 Å². The Balaban J connectivity index is 1.50. The fourth-order valence-electron chi connectivity index (χ4n) is 4.46. The molecule has 134 valence electrons. The predicted octanol–water partition coefficient (Wildman–Crippen LogP) is 3.27. The molecule has 0 N–H and O–H groups in total. The molecule has 0 spiro atoms. The molecule has 26 heavy (non-hydrogen) atoms. The monoisotopic (exact) mass is 367 g/mol. The Morgan fingerprint density at radius 1 is 1.04 bits per heavy atom. The van der Waals surface area contributed by atoms with Crippen molar-refractivity contribution in [3.05, 3.63) is 66.2 Å². The summed E-state index contributed by atoms with van der Waals surface area (Å²) in [4.78, 5) is 16.0. The van der Waals surface area contributed by atoms with Gasteiger partial charge in [0, 0.05) is 5.92 Å². The maximum Gasteiger partial charge on any atom is 0.279 e. The van der Waals surface area contributed by atoms with E-state index in [1.807, 2.05) is 65.6 Å². The van der Waals surface area contributed by atoms with E-state index >= 15 is 0 Å². The van der Waals surface area contributed by atoms with Gasteiger partial charge in [-0.1, -0.05) is 48.5 Å². The summed E-state index contributed by atoms with van der Waals surface area (Å²) in [6, 6.07) is 19.3. The molecule has 2 heterocycles. The van der Waals surface area contributed by atoms with Crippen LogP contribution in [-0.2, 0) is 20.7 Å². The van der Waals surface area contributed by atoms with Gasteiger partial charge in [0.1, 0.15) is 0 Å². The number of carbonyl (C=O) groups is 1. The van der Waals surface area contributed by atoms with Crippen LogP contribution in [0.3, 0.4) is 0 Å². The lowest BCUT2D eigenvalue weighted by Crippen LogP contribution is -2.44. The standard InChI is InChI=1S/C21H21NO3S/c23-20-19(26(24)17-9-5-2-6-10-17)13-21(16-11-12-16)22(20)18(14-25-21)15-7-3-1-4-8-15/h1-10,16,18-19H,11-14H2/t18-,19?,21+,26?/m1/s1. The van der Waals surface area contributed by atoms with E-state index in [1.54, 1.807) is 0 Å². The van der Waals surface area contributed by atoms with Gasteiger partial charge in [-0.2, -0.15) is 0 Å². The Hall–Kier alpha value is -1.82. The fourth-order valence-corrected chi connectivity index (χ4v) is 5.90. The molecule has 3 aliphatic rings. The largest absolute Gasteiger partial charge is 0.611 e. The summed E-state index contributed by atoms with van der Waals surface area (Å²) in [5.41, 5.74) is 0.529. The van der Waals surface area contributed by atoms with E-state index in [0.29, 0.717) is 23.8 Å². The molecule has 2 aromatic carbocycles. The van der Waals surface area contributed by atoms with E-state index in [2.05, 4.69) is 0 Å². The second-order valence-electron chi connectivity index (χ2n) is 7.37. The number of benzene rings is 2. The molecule has 0 bridgehead atoms. The molecular weight excluding hydrogens is 346 g/mol. The maximum absolute atomic E-state index is 13.4. The van der Waals surface area contributed by atoms with Crippen molar-refractivity contribution in [3.8, 4) is 0 Å². The van der Waals surface area contributed by atoms with Gasteiger partial charge >= 0.3 is 0 Å². The fraction of sp³-hybridized carbons (Fsp3) is 0.381. The SMILES string of the molecule is O=C1C([S+]([O-])c2ccccc2)C[C@@]2(C3CC3)OC[C@H](c3ccccc3)N12. The molecule has 1 aliphatic carbocycles. The van der Waals surface area contributed by atoms with Crippen molar-refractivity contribution in [3.63, 3.8) is 0 Å². The van der Waals surface area contributed by atoms with Crippen LogP contribution in [0.25, 0.3) is 0 Å². The molecule has 3 fully saturated rings. The van der Waals surface area contributed by atoms with E-state index in [9.17, 15) is 9.35 Å². The summed E-state index contributed by atoms with van der Waals surface area (Å²) in [7, 11) is 0. The first-order valence-corrected chi connectivity index (χ1v) is 10.4. The van der Waals surface area contributed by atoms with Gasteiger partial charge in [0.2, 0.25) is 5.25 Å². The Kier molecular flexibility index (Phi) is 3.85. The molecule has 5 rings (SSSR count). The van der Waals surface area contributed by atoms with Crippen molar-refractivity contribution in [2.24, 2.45) is 5.92 Å². The predicted molar refractivity (Wildman–Crippen MR) is 98.7 cm³/mol. The minimum Gasteiger partial charge on any atom is -0.611 e. The number of amides is 1. The third kappa shape index (κ3) is 2.42. The van der Waals surface area contributed by atoms with Crippen LogP contribution < -0.4 is 0 Å². The molecule has 4 atom stereocenters. The quantitative estimate of drug-likeness (QED) is 0.780. The van der Waals surface area contributed by atoms with E-state index in [-0.39, 0.29) is 11.9 Å². The second kappa shape index (κ2) is 6.12. The smallest absolute Gasteiger partial charge is 0.279 e. The Labute approximate surface area is 156 Å². The third-order valence-corrected chi connectivity index (χ3v) is 7.46. The normalized spacial score (nSPS) is 31.9. The van der Waals surface area contributed by atoms with E-state index < -0.39 is 22.2 Å². The van der Waals surface area contributed by atoms with Crippen LogP contribution in [0, 0.1) is 5.92 Å². The van der Waals surface area contributed by atoms with Crippen LogP contribution >= 0.6 is 0 Å². The summed E-state index contributed by atoms with van der Waals surface area (Å²) < 4.78 is 19.4. The van der Waals surface area contributed by atoms with Gasteiger partial charge in [-0.3, -0.25) is 9.69 Å². The van der Waals surface area contributed by atoms with Crippen molar-refractivity contribution in [1.82, 2.24) is 4.90 Å². The van der Waals surface area contributed by atoms with Gasteiger partial charge in [0.15, 0.2) is 10.6 Å². The van der Waals surface area contributed by atoms with Crippen molar-refractivity contribution in [1.29, 1.82) is 0 Å². The van der Waals surface area contributed by atoms with Crippen LogP contribution in [0.15, 0.2) is 65.6 Å². The molecule has 0 aromatic heterocycles. The molecule has 2 aliphatic heterocycles. The molecule has 4 nitrogen and oxygen atoms in total. The highest BCUT2D eigenvalue weighted by Gasteiger charge is 2.67. The number of hydrogen-bond donors (Lipinski definition) is 0. The topological polar surface area (TPSA) is 52.6 Å². The number of nitrogens with zero attached hydrogens (tertiary/aromatic N) is 1. The minimum absolute atomic E-state index is 0.0227. The van der Waals surface area contributed by atoms with Gasteiger partial charge in [0.05, 0.1) is 19.1 Å². The van der Waals surface area contributed by atoms with E-state index in [4.69, 9.17) is 4.74 Å². The molecule has 2 saturated heterocycles. The summed E-state index contributed by atoms with van der Waals surface area (Å²) in [6.45, 7) is 0.525. The Morgan fingerprint density at radius 3 is 2.35 bits per heavy atom. The first-order chi connectivity index (χ1) is 12.7. The van der Waals surface area contributed by atoms with Gasteiger partial charge < -0.3 is 9.29 Å². The maximum atomic E-state index is 13.4. The highest BCUT2D eigenvalue weighted by atomic mass is 32.2. The average molecular weight is 367 g/mol. The number of ether oxygens (including phenoxy) is 1. The Bertz CT molecular complexity index is 811. The van der Waals surface area contributed by atoms with Crippen molar-refractivity contribution in [2.45, 2.75) is 41.2 Å². The molecule has 1 amide bonds. The molecule has 5 heteroatoms. The van der Waals surface area contributed by atoms with Gasteiger partial charge in [-0.25, -0.2) is 0 Å². The summed E-state index contributed by atoms with van der Waals surface area (Å²) in [5.74, 6) is 0.350. The lowest BCUT2D eigenvalue weighted by atomic mass is 10.0. The van der Waals surface area contributed by atoms with Crippen LogP contribution in [0.1, 0.15) is 30.9 Å². The number of fused-ring (bicyclic) bond motifs is 1. The van der Waals surface area contributed by atoms with Crippen molar-refractivity contribution >= 4 is 17.1 Å². The second-order valence-corrected chi connectivity index (χ2v) is 9.00. The van der Waals surface area contributed by atoms with Gasteiger partial charge in [-0.15, -0.1) is 0 Å². The lowest BCUT2D eigenvalue weighted by Gasteiger charge is -2.32. The Morgan fingerprint density at radius 2 is 1.69 bits per heavy atom. The van der Waals surface area contributed by atoms with Crippen molar-refractivity contribution in [2.75, 3.05) is 6.61 Å². The summed E-state index contributed by atoms with van der Waals surface area (Å²) in [6.07, 6.45) is 2.69. The molecule has 2 unspecified atom stereocenters. The molecule has 2 aromatic rings. The highest BCUT2D eigenvalue weighted by Crippen LogP contribution is 2.57. The van der Waals surface area contributed by atoms with E-state index in [1.165, 1.54) is 0 Å². The zero-order valence-electron chi connectivity index (χ0n) is 14.4.